The quantitative estimate of drug-likeness (QED) is 0.310. The van der Waals surface area contributed by atoms with Crippen molar-refractivity contribution in [1.29, 1.82) is 0 Å². The summed E-state index contributed by atoms with van der Waals surface area (Å²) in [5.74, 6) is 0.885. The largest absolute Gasteiger partial charge is 0.415 e. The van der Waals surface area contributed by atoms with E-state index in [-0.39, 0.29) is 39.7 Å². The van der Waals surface area contributed by atoms with Gasteiger partial charge in [0.25, 0.3) is 11.4 Å². The van der Waals surface area contributed by atoms with E-state index in [1.54, 1.807) is 41.0 Å². The number of aromatic amines is 1. The van der Waals surface area contributed by atoms with Crippen LogP contribution in [0.2, 0.25) is 5.02 Å². The van der Waals surface area contributed by atoms with Crippen LogP contribution >= 0.6 is 34.8 Å². The van der Waals surface area contributed by atoms with Crippen molar-refractivity contribution in [3.8, 4) is 17.3 Å². The molecule has 3 heterocycles. The predicted octanol–water partition coefficient (Wildman–Crippen LogP) is 4.48. The zero-order chi connectivity index (χ0) is 25.7. The zero-order valence-corrected chi connectivity index (χ0v) is 20.5. The minimum atomic E-state index is -0.351. The summed E-state index contributed by atoms with van der Waals surface area (Å²) in [4.78, 5) is 17.9. The van der Waals surface area contributed by atoms with Crippen LogP contribution in [0, 0.1) is 0 Å². The van der Waals surface area contributed by atoms with Gasteiger partial charge in [0.1, 0.15) is 5.69 Å². The third-order valence-corrected chi connectivity index (χ3v) is 5.38. The number of aliphatic hydroxyl groups is 1. The summed E-state index contributed by atoms with van der Waals surface area (Å²) < 4.78 is 7.25. The number of hydrogen-bond donors (Lipinski definition) is 2. The highest BCUT2D eigenvalue weighted by Crippen LogP contribution is 2.30. The number of hydrogen-bond acceptors (Lipinski definition) is 8. The molecule has 0 saturated carbocycles. The van der Waals surface area contributed by atoms with Gasteiger partial charge >= 0.3 is 0 Å². The molecule has 182 valence electrons. The molecule has 4 aromatic rings. The minimum absolute atomic E-state index is 0.0743. The maximum Gasteiger partial charge on any atom is 0.266 e. The van der Waals surface area contributed by atoms with Gasteiger partial charge in [0.05, 0.1) is 23.6 Å². The average molecular weight is 545 g/mol. The number of halogens is 3. The second-order valence-corrected chi connectivity index (χ2v) is 8.35. The van der Waals surface area contributed by atoms with Crippen LogP contribution in [0.25, 0.3) is 35.0 Å². The van der Waals surface area contributed by atoms with Crippen molar-refractivity contribution >= 4 is 52.5 Å². The van der Waals surface area contributed by atoms with Crippen LogP contribution in [-0.4, -0.2) is 46.6 Å². The molecule has 1 aromatic carbocycles. The smallest absolute Gasteiger partial charge is 0.266 e. The Bertz CT molecular complexity index is 1570. The van der Waals surface area contributed by atoms with Gasteiger partial charge in [-0.2, -0.15) is 0 Å². The molecule has 0 aliphatic carbocycles. The SMILES string of the molecule is C=C(Cl)/C(=C\C=C(\Cl)CO)c1nnc(/C=C/c2nnc(-c3cc(=O)[nH]cn3)o2)n1-c1ccccc1Cl. The molecular formula is C23H16Cl3N7O3. The number of nitrogens with one attached hydrogen (secondary N) is 1. The standard InChI is InChI=1S/C23H16Cl3N7O3/c1-13(24)15(7-6-14(25)11-34)22-31-29-19(33(22)18-5-3-2-4-16(18)26)8-9-21-30-32-23(36-21)17-10-20(35)28-12-27-17/h2-10,12,34H,1,11H2,(H,27,28,35)/b9-8+,14-6+,15-7+. The molecule has 36 heavy (non-hydrogen) atoms. The average Bonchev–Trinajstić information content (AvgIpc) is 3.50. The Morgan fingerprint density at radius 3 is 2.67 bits per heavy atom. The molecule has 0 amide bonds. The van der Waals surface area contributed by atoms with Gasteiger partial charge in [-0.1, -0.05) is 53.5 Å². The maximum atomic E-state index is 11.5. The number of allylic oxidation sites excluding steroid dienone is 4. The van der Waals surface area contributed by atoms with Crippen LogP contribution in [0.3, 0.4) is 0 Å². The molecular weight excluding hydrogens is 529 g/mol. The van der Waals surface area contributed by atoms with Crippen LogP contribution in [0.5, 0.6) is 0 Å². The Labute approximate surface area is 218 Å². The van der Waals surface area contributed by atoms with Crippen molar-refractivity contribution in [1.82, 2.24) is 34.9 Å². The highest BCUT2D eigenvalue weighted by molar-refractivity contribution is 6.36. The van der Waals surface area contributed by atoms with Crippen LogP contribution in [0.1, 0.15) is 17.5 Å². The number of H-pyrrole nitrogens is 1. The van der Waals surface area contributed by atoms with Crippen molar-refractivity contribution in [3.05, 3.63) is 98.4 Å². The van der Waals surface area contributed by atoms with E-state index in [9.17, 15) is 9.90 Å². The lowest BCUT2D eigenvalue weighted by Gasteiger charge is -2.12. The van der Waals surface area contributed by atoms with Gasteiger partial charge < -0.3 is 14.5 Å². The third-order valence-electron chi connectivity index (χ3n) is 4.61. The van der Waals surface area contributed by atoms with E-state index < -0.39 is 0 Å². The number of aliphatic hydroxyl groups excluding tert-OH is 1. The van der Waals surface area contributed by atoms with Crippen LogP contribution in [-0.2, 0) is 0 Å². The molecule has 0 bridgehead atoms. The first kappa shape index (κ1) is 25.3. The summed E-state index contributed by atoms with van der Waals surface area (Å²) in [7, 11) is 0. The number of aromatic nitrogens is 7. The molecule has 0 fully saturated rings. The van der Waals surface area contributed by atoms with Crippen molar-refractivity contribution < 1.29 is 9.52 Å². The lowest BCUT2D eigenvalue weighted by atomic mass is 10.2. The number of nitrogens with zero attached hydrogens (tertiary/aromatic N) is 6. The zero-order valence-electron chi connectivity index (χ0n) is 18.3. The predicted molar refractivity (Wildman–Crippen MR) is 137 cm³/mol. The number of benzene rings is 1. The first-order valence-corrected chi connectivity index (χ1v) is 11.3. The minimum Gasteiger partial charge on any atom is -0.415 e. The molecule has 2 N–H and O–H groups in total. The van der Waals surface area contributed by atoms with Crippen molar-refractivity contribution in [2.24, 2.45) is 0 Å². The fourth-order valence-electron chi connectivity index (χ4n) is 3.00. The Morgan fingerprint density at radius 2 is 1.94 bits per heavy atom. The van der Waals surface area contributed by atoms with Gasteiger partial charge in [0, 0.05) is 27.8 Å². The molecule has 13 heteroatoms. The third kappa shape index (κ3) is 5.69. The summed E-state index contributed by atoms with van der Waals surface area (Å²) >= 11 is 18.7. The van der Waals surface area contributed by atoms with Gasteiger partial charge in [-0.3, -0.25) is 9.36 Å². The van der Waals surface area contributed by atoms with Gasteiger partial charge in [-0.05, 0) is 30.4 Å². The summed E-state index contributed by atoms with van der Waals surface area (Å²) in [6, 6.07) is 8.33. The molecule has 4 rings (SSSR count). The highest BCUT2D eigenvalue weighted by Gasteiger charge is 2.19. The molecule has 0 spiro atoms. The first-order chi connectivity index (χ1) is 17.4. The Balaban J connectivity index is 1.78. The molecule has 0 unspecified atom stereocenters. The monoisotopic (exact) mass is 543 g/mol. The normalized spacial score (nSPS) is 12.4. The Kier molecular flexibility index (Phi) is 7.91. The van der Waals surface area contributed by atoms with Crippen LogP contribution < -0.4 is 5.56 Å². The maximum absolute atomic E-state index is 11.5. The van der Waals surface area contributed by atoms with E-state index in [1.165, 1.54) is 24.5 Å². The van der Waals surface area contributed by atoms with Gasteiger partial charge in [-0.15, -0.1) is 20.4 Å². The first-order valence-electron chi connectivity index (χ1n) is 10.2. The van der Waals surface area contributed by atoms with Gasteiger partial charge in [-0.25, -0.2) is 4.98 Å². The van der Waals surface area contributed by atoms with Gasteiger partial charge in [0.2, 0.25) is 5.89 Å². The van der Waals surface area contributed by atoms with Crippen molar-refractivity contribution in [3.63, 3.8) is 0 Å². The number of para-hydroxylation sites is 1. The number of rotatable bonds is 8. The molecule has 0 aliphatic heterocycles. The van der Waals surface area contributed by atoms with E-state index in [0.29, 0.717) is 27.9 Å². The summed E-state index contributed by atoms with van der Waals surface area (Å²) in [5.41, 5.74) is 0.850. The van der Waals surface area contributed by atoms with E-state index in [0.717, 1.165) is 0 Å². The fraction of sp³-hybridized carbons (Fsp3) is 0.0435. The summed E-state index contributed by atoms with van der Waals surface area (Å²) in [5, 5.41) is 26.4. The molecule has 10 nitrogen and oxygen atoms in total. The lowest BCUT2D eigenvalue weighted by Crippen LogP contribution is -2.04. The van der Waals surface area contributed by atoms with Crippen molar-refractivity contribution in [2.75, 3.05) is 6.61 Å². The van der Waals surface area contributed by atoms with Crippen LogP contribution in [0.15, 0.2) is 74.7 Å². The molecule has 0 saturated heterocycles. The molecule has 0 aliphatic rings. The Morgan fingerprint density at radius 1 is 1.14 bits per heavy atom. The molecule has 0 atom stereocenters. The second kappa shape index (κ2) is 11.3. The summed E-state index contributed by atoms with van der Waals surface area (Å²) in [6.07, 6.45) is 7.40. The lowest BCUT2D eigenvalue weighted by molar-refractivity contribution is 0.339. The highest BCUT2D eigenvalue weighted by atomic mass is 35.5. The van der Waals surface area contributed by atoms with E-state index in [4.69, 9.17) is 39.2 Å². The van der Waals surface area contributed by atoms with E-state index >= 15 is 0 Å². The fourth-order valence-corrected chi connectivity index (χ4v) is 3.43. The summed E-state index contributed by atoms with van der Waals surface area (Å²) in [6.45, 7) is 3.46. The van der Waals surface area contributed by atoms with E-state index in [1.807, 2.05) is 0 Å². The topological polar surface area (TPSA) is 136 Å². The van der Waals surface area contributed by atoms with Crippen molar-refractivity contribution in [2.45, 2.75) is 0 Å². The van der Waals surface area contributed by atoms with E-state index in [2.05, 4.69) is 36.9 Å². The van der Waals surface area contributed by atoms with Gasteiger partial charge in [0.15, 0.2) is 11.6 Å². The molecule has 3 aromatic heterocycles. The Hall–Kier alpha value is -3.83. The molecule has 0 radical (unpaired) electrons. The van der Waals surface area contributed by atoms with Crippen LogP contribution in [0.4, 0.5) is 0 Å². The second-order valence-electron chi connectivity index (χ2n) is 7.00.